The van der Waals surface area contributed by atoms with E-state index in [0.29, 0.717) is 0 Å². The van der Waals surface area contributed by atoms with Crippen LogP contribution in [0.5, 0.6) is 0 Å². The summed E-state index contributed by atoms with van der Waals surface area (Å²) in [5.74, 6) is -0.774. The number of carbonyl (C=O) groups excluding carboxylic acids is 2. The van der Waals surface area contributed by atoms with E-state index in [1.54, 1.807) is 20.8 Å². The van der Waals surface area contributed by atoms with Crippen LogP contribution in [-0.4, -0.2) is 35.7 Å². The summed E-state index contributed by atoms with van der Waals surface area (Å²) in [7, 11) is 1.14. The van der Waals surface area contributed by atoms with Crippen molar-refractivity contribution in [1.29, 1.82) is 5.26 Å². The highest BCUT2D eigenvalue weighted by Gasteiger charge is 2.28. The van der Waals surface area contributed by atoms with Crippen molar-refractivity contribution in [2.24, 2.45) is 0 Å². The number of nitro groups is 1. The molecule has 0 fully saturated rings. The van der Waals surface area contributed by atoms with E-state index in [0.717, 1.165) is 13.2 Å². The van der Waals surface area contributed by atoms with Crippen LogP contribution in [0.1, 0.15) is 31.9 Å². The Balaban J connectivity index is 3.07. The molecule has 1 aromatic carbocycles. The van der Waals surface area contributed by atoms with Gasteiger partial charge in [-0.15, -0.1) is 0 Å². The number of nitrogens with zero attached hydrogens (tertiary/aromatic N) is 2. The number of nitrogens with one attached hydrogen (secondary N) is 1. The van der Waals surface area contributed by atoms with Crippen molar-refractivity contribution >= 4 is 17.7 Å². The number of ether oxygens (including phenoxy) is 2. The highest BCUT2D eigenvalue weighted by atomic mass is 16.6. The van der Waals surface area contributed by atoms with Gasteiger partial charge in [-0.2, -0.15) is 5.26 Å². The molecule has 25 heavy (non-hydrogen) atoms. The average Bonchev–Trinajstić information content (AvgIpc) is 2.51. The maximum atomic E-state index is 11.9. The number of benzene rings is 1. The van der Waals surface area contributed by atoms with Crippen LogP contribution in [0.25, 0.3) is 0 Å². The van der Waals surface area contributed by atoms with Crippen molar-refractivity contribution in [3.63, 3.8) is 0 Å². The quantitative estimate of drug-likeness (QED) is 0.489. The summed E-state index contributed by atoms with van der Waals surface area (Å²) in [5.41, 5.74) is -0.801. The lowest BCUT2D eigenvalue weighted by Crippen LogP contribution is -2.45. The third kappa shape index (κ3) is 6.10. The first-order valence-corrected chi connectivity index (χ1v) is 7.32. The number of amides is 1. The molecule has 9 heteroatoms. The highest BCUT2D eigenvalue weighted by molar-refractivity contribution is 5.82. The zero-order valence-corrected chi connectivity index (χ0v) is 14.4. The number of nitriles is 1. The van der Waals surface area contributed by atoms with Gasteiger partial charge in [0.15, 0.2) is 0 Å². The number of methoxy groups -OCH3 is 1. The lowest BCUT2D eigenvalue weighted by molar-refractivity contribution is -0.385. The number of rotatable bonds is 5. The topological polar surface area (TPSA) is 132 Å². The van der Waals surface area contributed by atoms with Crippen molar-refractivity contribution in [2.75, 3.05) is 7.11 Å². The van der Waals surface area contributed by atoms with Gasteiger partial charge in [0.2, 0.25) is 0 Å². The lowest BCUT2D eigenvalue weighted by atomic mass is 10.0. The van der Waals surface area contributed by atoms with E-state index in [1.807, 2.05) is 6.07 Å². The predicted octanol–water partition coefficient (Wildman–Crippen LogP) is 2.08. The van der Waals surface area contributed by atoms with E-state index in [-0.39, 0.29) is 23.2 Å². The molecular weight excluding hydrogens is 330 g/mol. The molecule has 1 N–H and O–H groups in total. The number of esters is 1. The fourth-order valence-electron chi connectivity index (χ4n) is 1.98. The van der Waals surface area contributed by atoms with Gasteiger partial charge in [0, 0.05) is 18.1 Å². The molecule has 0 aliphatic heterocycles. The van der Waals surface area contributed by atoms with Crippen molar-refractivity contribution in [1.82, 2.24) is 5.32 Å². The van der Waals surface area contributed by atoms with Crippen LogP contribution >= 0.6 is 0 Å². The molecule has 0 heterocycles. The molecule has 1 amide bonds. The smallest absolute Gasteiger partial charge is 0.408 e. The fourth-order valence-corrected chi connectivity index (χ4v) is 1.98. The molecule has 0 bridgehead atoms. The Morgan fingerprint density at radius 3 is 2.52 bits per heavy atom. The van der Waals surface area contributed by atoms with Crippen molar-refractivity contribution in [3.8, 4) is 6.07 Å². The summed E-state index contributed by atoms with van der Waals surface area (Å²) in [6, 6.07) is 4.50. The SMILES string of the molecule is COC(=O)[C@@H](Cc1ccc(C#N)cc1[N+](=O)[O-])NC(=O)OC(C)(C)C. The van der Waals surface area contributed by atoms with Gasteiger partial charge in [0.05, 0.1) is 23.7 Å². The summed E-state index contributed by atoms with van der Waals surface area (Å²) >= 11 is 0. The van der Waals surface area contributed by atoms with E-state index in [1.165, 1.54) is 12.1 Å². The molecule has 0 aliphatic carbocycles. The molecule has 1 aromatic rings. The van der Waals surface area contributed by atoms with Crippen LogP contribution in [0.2, 0.25) is 0 Å². The molecule has 0 unspecified atom stereocenters. The molecule has 0 spiro atoms. The van der Waals surface area contributed by atoms with E-state index >= 15 is 0 Å². The van der Waals surface area contributed by atoms with Gasteiger partial charge in [-0.3, -0.25) is 10.1 Å². The van der Waals surface area contributed by atoms with Crippen LogP contribution in [0.4, 0.5) is 10.5 Å². The van der Waals surface area contributed by atoms with Gasteiger partial charge < -0.3 is 14.8 Å². The van der Waals surface area contributed by atoms with E-state index in [4.69, 9.17) is 10.00 Å². The molecule has 0 saturated carbocycles. The third-order valence-corrected chi connectivity index (χ3v) is 3.01. The zero-order chi connectivity index (χ0) is 19.2. The second kappa shape index (κ2) is 8.10. The molecule has 9 nitrogen and oxygen atoms in total. The van der Waals surface area contributed by atoms with Gasteiger partial charge in [-0.05, 0) is 26.8 Å². The summed E-state index contributed by atoms with van der Waals surface area (Å²) in [6.45, 7) is 4.97. The summed E-state index contributed by atoms with van der Waals surface area (Å²) in [4.78, 5) is 34.3. The van der Waals surface area contributed by atoms with Gasteiger partial charge in [0.1, 0.15) is 11.6 Å². The van der Waals surface area contributed by atoms with Crippen LogP contribution in [0, 0.1) is 21.4 Å². The zero-order valence-electron chi connectivity index (χ0n) is 14.4. The number of hydrogen-bond donors (Lipinski definition) is 1. The maximum absolute atomic E-state index is 11.9. The molecule has 0 saturated heterocycles. The standard InChI is InChI=1S/C16H19N3O6/c1-16(2,3)25-15(21)18-12(14(20)24-4)8-11-6-5-10(9-17)7-13(11)19(22)23/h5-7,12H,8H2,1-4H3,(H,18,21)/t12-/m1/s1. The monoisotopic (exact) mass is 349 g/mol. The first kappa shape index (κ1) is 19.9. The Hall–Kier alpha value is -3.15. The van der Waals surface area contributed by atoms with Crippen molar-refractivity contribution in [2.45, 2.75) is 38.8 Å². The Labute approximate surface area is 144 Å². The number of alkyl carbamates (subject to hydrolysis) is 1. The van der Waals surface area contributed by atoms with Gasteiger partial charge in [-0.1, -0.05) is 6.07 Å². The highest BCUT2D eigenvalue weighted by Crippen LogP contribution is 2.22. The summed E-state index contributed by atoms with van der Waals surface area (Å²) < 4.78 is 9.71. The van der Waals surface area contributed by atoms with Crippen LogP contribution in [0.15, 0.2) is 18.2 Å². The third-order valence-electron chi connectivity index (χ3n) is 3.01. The molecular formula is C16H19N3O6. The normalized spacial score (nSPS) is 11.8. The molecule has 1 atom stereocenters. The molecule has 1 rings (SSSR count). The predicted molar refractivity (Wildman–Crippen MR) is 86.7 cm³/mol. The largest absolute Gasteiger partial charge is 0.467 e. The Morgan fingerprint density at radius 2 is 2.04 bits per heavy atom. The average molecular weight is 349 g/mol. The van der Waals surface area contributed by atoms with Crippen molar-refractivity contribution < 1.29 is 24.0 Å². The maximum Gasteiger partial charge on any atom is 0.408 e. The van der Waals surface area contributed by atoms with Crippen LogP contribution in [0.3, 0.4) is 0 Å². The first-order valence-electron chi connectivity index (χ1n) is 7.32. The minimum atomic E-state index is -1.17. The van der Waals surface area contributed by atoms with E-state index in [9.17, 15) is 19.7 Å². The number of nitro benzene ring substituents is 1. The molecule has 0 radical (unpaired) electrons. The first-order chi connectivity index (χ1) is 11.6. The minimum Gasteiger partial charge on any atom is -0.467 e. The molecule has 134 valence electrons. The minimum absolute atomic E-state index is 0.116. The lowest BCUT2D eigenvalue weighted by Gasteiger charge is -2.22. The fraction of sp³-hybridized carbons (Fsp3) is 0.438. The van der Waals surface area contributed by atoms with Crippen molar-refractivity contribution in [3.05, 3.63) is 39.4 Å². The summed E-state index contributed by atoms with van der Waals surface area (Å²) in [5, 5.41) is 22.4. The second-order valence-corrected chi connectivity index (χ2v) is 6.14. The Bertz CT molecular complexity index is 718. The number of hydrogen-bond acceptors (Lipinski definition) is 7. The van der Waals surface area contributed by atoms with Gasteiger partial charge in [-0.25, -0.2) is 9.59 Å². The van der Waals surface area contributed by atoms with Crippen LogP contribution in [-0.2, 0) is 20.7 Å². The second-order valence-electron chi connectivity index (χ2n) is 6.14. The summed E-state index contributed by atoms with van der Waals surface area (Å²) in [6.07, 6.45) is -1.03. The van der Waals surface area contributed by atoms with Gasteiger partial charge >= 0.3 is 12.1 Å². The number of carbonyl (C=O) groups is 2. The van der Waals surface area contributed by atoms with E-state index < -0.39 is 28.6 Å². The van der Waals surface area contributed by atoms with Gasteiger partial charge in [0.25, 0.3) is 5.69 Å². The Kier molecular flexibility index (Phi) is 6.45. The molecule has 0 aromatic heterocycles. The van der Waals surface area contributed by atoms with E-state index in [2.05, 4.69) is 10.1 Å². The molecule has 0 aliphatic rings. The van der Waals surface area contributed by atoms with Crippen LogP contribution < -0.4 is 5.32 Å². The Morgan fingerprint density at radius 1 is 1.40 bits per heavy atom.